The Morgan fingerprint density at radius 3 is 3.09 bits per heavy atom. The van der Waals surface area contributed by atoms with Crippen LogP contribution in [0.3, 0.4) is 0 Å². The van der Waals surface area contributed by atoms with Crippen molar-refractivity contribution in [1.82, 2.24) is 24.6 Å². The van der Waals surface area contributed by atoms with Crippen LogP contribution in [0.2, 0.25) is 5.02 Å². The second kappa shape index (κ2) is 6.54. The van der Waals surface area contributed by atoms with Crippen molar-refractivity contribution in [3.63, 3.8) is 0 Å². The first-order valence-corrected chi connectivity index (χ1v) is 8.07. The molecule has 0 aliphatic carbocycles. The van der Waals surface area contributed by atoms with E-state index in [0.717, 1.165) is 19.3 Å². The molecule has 1 aliphatic heterocycles. The molecular weight excluding hydrogens is 318 g/mol. The van der Waals surface area contributed by atoms with E-state index in [0.29, 0.717) is 23.8 Å². The third-order valence-corrected chi connectivity index (χ3v) is 4.22. The summed E-state index contributed by atoms with van der Waals surface area (Å²) >= 11 is 6.17. The minimum atomic E-state index is -0.410. The van der Waals surface area contributed by atoms with E-state index in [9.17, 15) is 9.59 Å². The number of carbonyl (C=O) groups is 1. The number of nitrogens with zero attached hydrogens (tertiary/aromatic N) is 4. The number of aryl methyl sites for hydroxylation is 1. The summed E-state index contributed by atoms with van der Waals surface area (Å²) in [6.07, 6.45) is 5.71. The third kappa shape index (κ3) is 3.14. The maximum Gasteiger partial charge on any atom is 0.345 e. The summed E-state index contributed by atoms with van der Waals surface area (Å²) in [5.74, 6) is -0.204. The van der Waals surface area contributed by atoms with Gasteiger partial charge in [0.05, 0.1) is 11.1 Å². The van der Waals surface area contributed by atoms with E-state index in [1.807, 2.05) is 6.92 Å². The van der Waals surface area contributed by atoms with Crippen molar-refractivity contribution < 1.29 is 4.79 Å². The van der Waals surface area contributed by atoms with Crippen molar-refractivity contribution >= 4 is 17.5 Å². The summed E-state index contributed by atoms with van der Waals surface area (Å²) in [6.45, 7) is 3.37. The standard InChI is InChI=1S/C15H18ClN5O2/c1-2-7-20-9-10(16)13(19-20)14(22)21-8-3-4-12(21)11-5-6-17-15(23)18-11/h5-6,9,12H,2-4,7-8H2,1H3,(H,17,18,23). The van der Waals surface area contributed by atoms with Gasteiger partial charge in [-0.05, 0) is 25.3 Å². The smallest absolute Gasteiger partial charge is 0.329 e. The first-order chi connectivity index (χ1) is 11.1. The number of hydrogen-bond acceptors (Lipinski definition) is 4. The molecule has 8 heteroatoms. The Balaban J connectivity index is 1.87. The van der Waals surface area contributed by atoms with Crippen LogP contribution in [-0.4, -0.2) is 37.1 Å². The van der Waals surface area contributed by atoms with E-state index in [-0.39, 0.29) is 17.6 Å². The Morgan fingerprint density at radius 2 is 2.35 bits per heavy atom. The minimum Gasteiger partial charge on any atom is -0.329 e. The van der Waals surface area contributed by atoms with E-state index < -0.39 is 5.69 Å². The van der Waals surface area contributed by atoms with E-state index in [4.69, 9.17) is 11.6 Å². The van der Waals surface area contributed by atoms with Gasteiger partial charge in [0.15, 0.2) is 5.69 Å². The fourth-order valence-corrected chi connectivity index (χ4v) is 3.16. The first kappa shape index (κ1) is 15.7. The molecule has 1 unspecified atom stereocenters. The molecule has 1 amide bonds. The number of carbonyl (C=O) groups excluding carboxylic acids is 1. The Kier molecular flexibility index (Phi) is 4.47. The summed E-state index contributed by atoms with van der Waals surface area (Å²) in [6, 6.07) is 1.56. The monoisotopic (exact) mass is 335 g/mol. The number of H-pyrrole nitrogens is 1. The molecule has 7 nitrogen and oxygen atoms in total. The highest BCUT2D eigenvalue weighted by Crippen LogP contribution is 2.32. The van der Waals surface area contributed by atoms with Gasteiger partial charge in [0.25, 0.3) is 5.91 Å². The van der Waals surface area contributed by atoms with E-state index in [1.54, 1.807) is 21.8 Å². The van der Waals surface area contributed by atoms with Crippen molar-refractivity contribution in [3.8, 4) is 0 Å². The molecule has 2 aromatic heterocycles. The number of likely N-dealkylation sites (tertiary alicyclic amines) is 1. The molecule has 0 aromatic carbocycles. The minimum absolute atomic E-state index is 0.175. The van der Waals surface area contributed by atoms with Gasteiger partial charge in [-0.15, -0.1) is 0 Å². The van der Waals surface area contributed by atoms with Crippen molar-refractivity contribution in [2.75, 3.05) is 6.54 Å². The quantitative estimate of drug-likeness (QED) is 0.926. The van der Waals surface area contributed by atoms with Gasteiger partial charge in [0, 0.05) is 31.2 Å². The zero-order valence-corrected chi connectivity index (χ0v) is 13.6. The van der Waals surface area contributed by atoms with Crippen LogP contribution in [0.5, 0.6) is 0 Å². The predicted octanol–water partition coefficient (Wildman–Crippen LogP) is 2.01. The van der Waals surface area contributed by atoms with Crippen LogP contribution in [-0.2, 0) is 6.54 Å². The molecular formula is C15H18ClN5O2. The molecule has 3 rings (SSSR count). The lowest BCUT2D eigenvalue weighted by Gasteiger charge is -2.23. The first-order valence-electron chi connectivity index (χ1n) is 7.69. The summed E-state index contributed by atoms with van der Waals surface area (Å²) in [5, 5.41) is 4.66. The van der Waals surface area contributed by atoms with Gasteiger partial charge >= 0.3 is 5.69 Å². The van der Waals surface area contributed by atoms with Gasteiger partial charge in [0.2, 0.25) is 0 Å². The summed E-state index contributed by atoms with van der Waals surface area (Å²) < 4.78 is 1.69. The Labute approximate surface area is 138 Å². The maximum absolute atomic E-state index is 12.8. The second-order valence-electron chi connectivity index (χ2n) is 5.58. The summed E-state index contributed by atoms with van der Waals surface area (Å²) in [4.78, 5) is 32.3. The normalized spacial score (nSPS) is 17.7. The zero-order valence-electron chi connectivity index (χ0n) is 12.8. The number of hydrogen-bond donors (Lipinski definition) is 1. The van der Waals surface area contributed by atoms with Gasteiger partial charge in [-0.1, -0.05) is 18.5 Å². The van der Waals surface area contributed by atoms with Gasteiger partial charge in [-0.25, -0.2) is 9.78 Å². The molecule has 1 aliphatic rings. The molecule has 3 heterocycles. The molecule has 1 fully saturated rings. The van der Waals surface area contributed by atoms with Crippen molar-refractivity contribution in [2.45, 2.75) is 38.8 Å². The molecule has 0 spiro atoms. The molecule has 0 radical (unpaired) electrons. The highest BCUT2D eigenvalue weighted by atomic mass is 35.5. The molecule has 23 heavy (non-hydrogen) atoms. The number of nitrogens with one attached hydrogen (secondary N) is 1. The predicted molar refractivity (Wildman–Crippen MR) is 85.4 cm³/mol. The average molecular weight is 336 g/mol. The van der Waals surface area contributed by atoms with Crippen molar-refractivity contribution in [2.24, 2.45) is 0 Å². The summed E-state index contributed by atoms with van der Waals surface area (Å²) in [5.41, 5.74) is 0.551. The lowest BCUT2D eigenvalue weighted by molar-refractivity contribution is 0.0726. The Morgan fingerprint density at radius 1 is 1.52 bits per heavy atom. The molecule has 1 N–H and O–H groups in total. The third-order valence-electron chi connectivity index (χ3n) is 3.94. The van der Waals surface area contributed by atoms with Crippen molar-refractivity contribution in [3.05, 3.63) is 45.4 Å². The van der Waals surface area contributed by atoms with E-state index in [1.165, 1.54) is 6.20 Å². The highest BCUT2D eigenvalue weighted by Gasteiger charge is 2.33. The molecule has 0 bridgehead atoms. The Bertz CT molecular complexity index is 769. The van der Waals surface area contributed by atoms with Crippen LogP contribution < -0.4 is 5.69 Å². The Hall–Kier alpha value is -2.15. The fraction of sp³-hybridized carbons (Fsp3) is 0.467. The average Bonchev–Trinajstić information content (AvgIpc) is 3.14. The topological polar surface area (TPSA) is 83.9 Å². The SMILES string of the molecule is CCCn1cc(Cl)c(C(=O)N2CCCC2c2ccnc(=O)[nH]2)n1. The highest BCUT2D eigenvalue weighted by molar-refractivity contribution is 6.33. The van der Waals surface area contributed by atoms with Crippen LogP contribution in [0.25, 0.3) is 0 Å². The largest absolute Gasteiger partial charge is 0.345 e. The molecule has 1 atom stereocenters. The van der Waals surface area contributed by atoms with Gasteiger partial charge in [0.1, 0.15) is 0 Å². The van der Waals surface area contributed by atoms with Crippen molar-refractivity contribution in [1.29, 1.82) is 0 Å². The van der Waals surface area contributed by atoms with Crippen LogP contribution >= 0.6 is 11.6 Å². The van der Waals surface area contributed by atoms with Crippen LogP contribution in [0.1, 0.15) is 48.4 Å². The van der Waals surface area contributed by atoms with Gasteiger partial charge in [-0.3, -0.25) is 9.48 Å². The molecule has 0 saturated carbocycles. The lowest BCUT2D eigenvalue weighted by Crippen LogP contribution is -2.32. The number of aromatic nitrogens is 4. The maximum atomic E-state index is 12.8. The van der Waals surface area contributed by atoms with Crippen LogP contribution in [0.4, 0.5) is 0 Å². The van der Waals surface area contributed by atoms with Gasteiger partial charge < -0.3 is 9.88 Å². The van der Waals surface area contributed by atoms with Crippen LogP contribution in [0, 0.1) is 0 Å². The number of aromatic amines is 1. The van der Waals surface area contributed by atoms with E-state index in [2.05, 4.69) is 15.1 Å². The summed E-state index contributed by atoms with van der Waals surface area (Å²) in [7, 11) is 0. The lowest BCUT2D eigenvalue weighted by atomic mass is 10.1. The van der Waals surface area contributed by atoms with E-state index >= 15 is 0 Å². The number of halogens is 1. The molecule has 122 valence electrons. The molecule has 2 aromatic rings. The zero-order chi connectivity index (χ0) is 16.4. The fourth-order valence-electron chi connectivity index (χ4n) is 2.93. The van der Waals surface area contributed by atoms with Crippen LogP contribution in [0.15, 0.2) is 23.3 Å². The second-order valence-corrected chi connectivity index (χ2v) is 5.98. The number of rotatable bonds is 4. The molecule has 1 saturated heterocycles. The van der Waals surface area contributed by atoms with Gasteiger partial charge in [-0.2, -0.15) is 5.10 Å². The number of amides is 1.